The van der Waals surface area contributed by atoms with Crippen LogP contribution < -0.4 is 0 Å². The molecular weight excluding hydrogens is 293 g/mol. The van der Waals surface area contributed by atoms with E-state index in [-0.39, 0.29) is 5.82 Å². The molecule has 1 saturated heterocycles. The van der Waals surface area contributed by atoms with Crippen molar-refractivity contribution in [2.24, 2.45) is 5.92 Å². The average molecular weight is 317 g/mol. The maximum atomic E-state index is 13.7. The topological polar surface area (TPSA) is 46.8 Å². The lowest BCUT2D eigenvalue weighted by Gasteiger charge is -2.32. The molecule has 1 fully saturated rings. The van der Waals surface area contributed by atoms with Gasteiger partial charge in [-0.3, -0.25) is 0 Å². The van der Waals surface area contributed by atoms with Crippen LogP contribution in [0, 0.1) is 11.7 Å². The summed E-state index contributed by atoms with van der Waals surface area (Å²) in [6.45, 7) is 4.25. The van der Waals surface area contributed by atoms with Gasteiger partial charge in [-0.25, -0.2) is 9.07 Å². The van der Waals surface area contributed by atoms with E-state index in [1.54, 1.807) is 23.1 Å². The minimum Gasteiger partial charge on any atom is -0.303 e. The number of halogens is 1. The molecule has 5 nitrogen and oxygen atoms in total. The molecular formula is C17H24FN5. The van der Waals surface area contributed by atoms with Crippen LogP contribution in [0.5, 0.6) is 0 Å². The molecule has 0 saturated carbocycles. The van der Waals surface area contributed by atoms with E-state index in [2.05, 4.69) is 20.4 Å². The maximum Gasteiger partial charge on any atom is 0.138 e. The number of piperidine rings is 1. The predicted octanol–water partition coefficient (Wildman–Crippen LogP) is 2.55. The number of likely N-dealkylation sites (tertiary alicyclic amines) is 1. The third-order valence-corrected chi connectivity index (χ3v) is 4.64. The predicted molar refractivity (Wildman–Crippen MR) is 86.3 cm³/mol. The zero-order valence-corrected chi connectivity index (χ0v) is 13.4. The number of rotatable bonds is 7. The summed E-state index contributed by atoms with van der Waals surface area (Å²) in [6, 6.07) is 7.14. The number of hydrogen-bond acceptors (Lipinski definition) is 4. The summed E-state index contributed by atoms with van der Waals surface area (Å²) >= 11 is 0. The summed E-state index contributed by atoms with van der Waals surface area (Å²) < 4.78 is 15.5. The largest absolute Gasteiger partial charge is 0.303 e. The van der Waals surface area contributed by atoms with Crippen LogP contribution in [-0.4, -0.2) is 44.7 Å². The van der Waals surface area contributed by atoms with Crippen molar-refractivity contribution in [3.8, 4) is 0 Å². The lowest BCUT2D eigenvalue weighted by atomic mass is 9.91. The van der Waals surface area contributed by atoms with Gasteiger partial charge in [0.1, 0.15) is 12.1 Å². The molecule has 0 N–H and O–H groups in total. The summed E-state index contributed by atoms with van der Waals surface area (Å²) in [5.74, 6) is 0.609. The van der Waals surface area contributed by atoms with Gasteiger partial charge in [0.05, 0.1) is 0 Å². The minimum atomic E-state index is -0.0680. The number of aryl methyl sites for hydroxylation is 2. The van der Waals surface area contributed by atoms with Gasteiger partial charge in [-0.1, -0.05) is 18.2 Å². The van der Waals surface area contributed by atoms with E-state index in [1.807, 2.05) is 12.1 Å². The van der Waals surface area contributed by atoms with Gasteiger partial charge in [-0.2, -0.15) is 0 Å². The van der Waals surface area contributed by atoms with Gasteiger partial charge in [0, 0.05) is 13.1 Å². The molecule has 0 unspecified atom stereocenters. The lowest BCUT2D eigenvalue weighted by Crippen LogP contribution is -2.36. The molecule has 1 atom stereocenters. The fourth-order valence-electron chi connectivity index (χ4n) is 3.39. The monoisotopic (exact) mass is 317 g/mol. The molecule has 6 heteroatoms. The molecule has 2 heterocycles. The Morgan fingerprint density at radius 3 is 2.96 bits per heavy atom. The molecule has 0 radical (unpaired) electrons. The molecule has 1 aromatic carbocycles. The zero-order chi connectivity index (χ0) is 15.9. The Bertz CT molecular complexity index is 586. The summed E-state index contributed by atoms with van der Waals surface area (Å²) in [4.78, 5) is 2.53. The second kappa shape index (κ2) is 8.15. The second-order valence-corrected chi connectivity index (χ2v) is 6.37. The highest BCUT2D eigenvalue weighted by molar-refractivity contribution is 5.17. The van der Waals surface area contributed by atoms with Crippen molar-refractivity contribution in [3.63, 3.8) is 0 Å². The third-order valence-electron chi connectivity index (χ3n) is 4.64. The van der Waals surface area contributed by atoms with E-state index in [9.17, 15) is 4.39 Å². The molecule has 1 aliphatic heterocycles. The minimum absolute atomic E-state index is 0.0680. The molecule has 2 aromatic rings. The first kappa shape index (κ1) is 16.1. The molecule has 124 valence electrons. The van der Waals surface area contributed by atoms with Gasteiger partial charge in [-0.05, 0) is 73.2 Å². The summed E-state index contributed by atoms with van der Waals surface area (Å²) in [7, 11) is 0. The normalized spacial score (nSPS) is 19.1. The van der Waals surface area contributed by atoms with Gasteiger partial charge in [0.2, 0.25) is 0 Å². The van der Waals surface area contributed by atoms with Crippen molar-refractivity contribution in [3.05, 3.63) is 42.0 Å². The standard InChI is InChI=1S/C17H24FN5/c18-17-7-2-1-6-16(17)9-8-15-5-3-10-22(13-15)11-4-12-23-14-19-20-21-23/h1-2,6-7,14-15H,3-5,8-13H2/t15-/m1/s1. The van der Waals surface area contributed by atoms with E-state index in [0.717, 1.165) is 44.5 Å². The van der Waals surface area contributed by atoms with Gasteiger partial charge in [-0.15, -0.1) is 5.10 Å². The molecule has 0 bridgehead atoms. The van der Waals surface area contributed by atoms with E-state index >= 15 is 0 Å². The number of aromatic nitrogens is 4. The second-order valence-electron chi connectivity index (χ2n) is 6.37. The first-order valence-corrected chi connectivity index (χ1v) is 8.48. The van der Waals surface area contributed by atoms with Gasteiger partial charge in [0.25, 0.3) is 0 Å². The fraction of sp³-hybridized carbons (Fsp3) is 0.588. The Hall–Kier alpha value is -1.82. The Morgan fingerprint density at radius 1 is 1.22 bits per heavy atom. The van der Waals surface area contributed by atoms with Crippen molar-refractivity contribution in [2.45, 2.75) is 38.6 Å². The number of tetrazole rings is 1. The number of hydrogen-bond donors (Lipinski definition) is 0. The lowest BCUT2D eigenvalue weighted by molar-refractivity contribution is 0.164. The van der Waals surface area contributed by atoms with Crippen LogP contribution in [0.4, 0.5) is 4.39 Å². The molecule has 0 aliphatic carbocycles. The Morgan fingerprint density at radius 2 is 2.13 bits per heavy atom. The van der Waals surface area contributed by atoms with Crippen LogP contribution in [0.3, 0.4) is 0 Å². The highest BCUT2D eigenvalue weighted by Crippen LogP contribution is 2.22. The van der Waals surface area contributed by atoms with Gasteiger partial charge >= 0.3 is 0 Å². The van der Waals surface area contributed by atoms with E-state index in [0.29, 0.717) is 5.92 Å². The maximum absolute atomic E-state index is 13.7. The average Bonchev–Trinajstić information content (AvgIpc) is 3.08. The van der Waals surface area contributed by atoms with Crippen molar-refractivity contribution in [1.29, 1.82) is 0 Å². The highest BCUT2D eigenvalue weighted by Gasteiger charge is 2.19. The van der Waals surface area contributed by atoms with Crippen molar-refractivity contribution in [2.75, 3.05) is 19.6 Å². The molecule has 0 spiro atoms. The van der Waals surface area contributed by atoms with E-state index in [1.165, 1.54) is 19.4 Å². The van der Waals surface area contributed by atoms with Crippen molar-refractivity contribution in [1.82, 2.24) is 25.1 Å². The highest BCUT2D eigenvalue weighted by atomic mass is 19.1. The molecule has 1 aliphatic rings. The van der Waals surface area contributed by atoms with Crippen molar-refractivity contribution >= 4 is 0 Å². The van der Waals surface area contributed by atoms with E-state index < -0.39 is 0 Å². The molecule has 0 amide bonds. The Labute approximate surface area is 136 Å². The van der Waals surface area contributed by atoms with Gasteiger partial charge < -0.3 is 4.90 Å². The fourth-order valence-corrected chi connectivity index (χ4v) is 3.39. The first-order chi connectivity index (χ1) is 11.3. The van der Waals surface area contributed by atoms with Crippen LogP contribution in [0.25, 0.3) is 0 Å². The molecule has 1 aromatic heterocycles. The Kier molecular flexibility index (Phi) is 5.69. The number of benzene rings is 1. The smallest absolute Gasteiger partial charge is 0.138 e. The van der Waals surface area contributed by atoms with Crippen LogP contribution in [0.2, 0.25) is 0 Å². The number of nitrogens with zero attached hydrogens (tertiary/aromatic N) is 5. The first-order valence-electron chi connectivity index (χ1n) is 8.48. The van der Waals surface area contributed by atoms with Crippen LogP contribution >= 0.6 is 0 Å². The Balaban J connectivity index is 1.40. The van der Waals surface area contributed by atoms with Crippen LogP contribution in [0.15, 0.2) is 30.6 Å². The summed E-state index contributed by atoms with van der Waals surface area (Å²) in [5.41, 5.74) is 0.850. The molecule has 23 heavy (non-hydrogen) atoms. The summed E-state index contributed by atoms with van der Waals surface area (Å²) in [6.07, 6.45) is 7.14. The van der Waals surface area contributed by atoms with Crippen molar-refractivity contribution < 1.29 is 4.39 Å². The zero-order valence-electron chi connectivity index (χ0n) is 13.4. The van der Waals surface area contributed by atoms with Gasteiger partial charge in [0.15, 0.2) is 0 Å². The molecule has 3 rings (SSSR count). The van der Waals surface area contributed by atoms with Crippen LogP contribution in [-0.2, 0) is 13.0 Å². The quantitative estimate of drug-likeness (QED) is 0.787. The third kappa shape index (κ3) is 4.82. The summed E-state index contributed by atoms with van der Waals surface area (Å²) in [5, 5.41) is 11.2. The van der Waals surface area contributed by atoms with E-state index in [4.69, 9.17) is 0 Å². The van der Waals surface area contributed by atoms with Crippen LogP contribution in [0.1, 0.15) is 31.2 Å². The SMILES string of the molecule is Fc1ccccc1CC[C@H]1CCCN(CCCn2cnnn2)C1.